The molecule has 0 saturated carbocycles. The highest BCUT2D eigenvalue weighted by Gasteiger charge is 2.38. The lowest BCUT2D eigenvalue weighted by Crippen LogP contribution is -2.44. The lowest BCUT2D eigenvalue weighted by atomic mass is 10.1. The van der Waals surface area contributed by atoms with Gasteiger partial charge in [0.05, 0.1) is 0 Å². The minimum absolute atomic E-state index is 0. The topological polar surface area (TPSA) is 50.8 Å². The summed E-state index contributed by atoms with van der Waals surface area (Å²) < 4.78 is 47.2. The van der Waals surface area contributed by atoms with Crippen LogP contribution in [0.5, 0.6) is 11.5 Å². The fourth-order valence-electron chi connectivity index (χ4n) is 3.45. The molecule has 2 fully saturated rings. The summed E-state index contributed by atoms with van der Waals surface area (Å²) >= 11 is 0. The molecule has 146 valence electrons. The van der Waals surface area contributed by atoms with Gasteiger partial charge in [-0.25, -0.2) is 0 Å². The van der Waals surface area contributed by atoms with Crippen molar-refractivity contribution in [1.29, 1.82) is 0 Å². The van der Waals surface area contributed by atoms with E-state index in [1.165, 1.54) is 12.1 Å². The highest BCUT2D eigenvalue weighted by Crippen LogP contribution is 2.30. The van der Waals surface area contributed by atoms with Crippen LogP contribution in [0.4, 0.5) is 13.2 Å². The Hall–Kier alpha value is -1.67. The molecule has 0 spiro atoms. The number of hydrogen-bond donors (Lipinski definition) is 1. The minimum Gasteiger partial charge on any atom is -0.480 e. The first kappa shape index (κ1) is 20.6. The maximum atomic E-state index is 12.6. The van der Waals surface area contributed by atoms with Gasteiger partial charge in [0.1, 0.15) is 0 Å². The van der Waals surface area contributed by atoms with E-state index in [9.17, 15) is 18.0 Å². The Labute approximate surface area is 156 Å². The number of hydrogen-bond acceptors (Lipinski definition) is 4. The number of ether oxygens (including phenoxy) is 2. The van der Waals surface area contributed by atoms with Gasteiger partial charge >= 0.3 is 6.18 Å². The Bertz CT molecular complexity index is 601. The van der Waals surface area contributed by atoms with Gasteiger partial charge < -0.3 is 19.7 Å². The molecule has 2 unspecified atom stereocenters. The van der Waals surface area contributed by atoms with E-state index >= 15 is 0 Å². The lowest BCUT2D eigenvalue weighted by Gasteiger charge is -2.28. The van der Waals surface area contributed by atoms with Crippen LogP contribution >= 0.6 is 12.4 Å². The third-order valence-electron chi connectivity index (χ3n) is 4.53. The Morgan fingerprint density at radius 2 is 1.77 bits per heavy atom. The van der Waals surface area contributed by atoms with Crippen LogP contribution in [-0.2, 0) is 4.79 Å². The van der Waals surface area contributed by atoms with Gasteiger partial charge in [0.25, 0.3) is 5.91 Å². The van der Waals surface area contributed by atoms with E-state index in [2.05, 4.69) is 5.32 Å². The second-order valence-corrected chi connectivity index (χ2v) is 6.32. The first-order valence-corrected chi connectivity index (χ1v) is 8.37. The highest BCUT2D eigenvalue weighted by molar-refractivity contribution is 5.85. The number of alkyl halides is 3. The maximum Gasteiger partial charge on any atom is 0.422 e. The molecular formula is C17H22ClF3N2O3. The summed E-state index contributed by atoms with van der Waals surface area (Å²) in [4.78, 5) is 14.4. The summed E-state index contributed by atoms with van der Waals surface area (Å²) in [5, 5.41) is 3.32. The smallest absolute Gasteiger partial charge is 0.422 e. The summed E-state index contributed by atoms with van der Waals surface area (Å²) in [5.74, 6) is -0.0182. The molecule has 2 heterocycles. The van der Waals surface area contributed by atoms with E-state index in [0.29, 0.717) is 0 Å². The number of nitrogens with zero attached hydrogens (tertiary/aromatic N) is 1. The number of fused-ring (bicyclic) bond motifs is 2. The van der Waals surface area contributed by atoms with Crippen LogP contribution in [0.2, 0.25) is 0 Å². The van der Waals surface area contributed by atoms with Crippen LogP contribution in [-0.4, -0.2) is 55.4 Å². The molecule has 1 aromatic carbocycles. The second kappa shape index (κ2) is 8.81. The number of rotatable bonds is 5. The van der Waals surface area contributed by atoms with Crippen LogP contribution in [0.3, 0.4) is 0 Å². The van der Waals surface area contributed by atoms with Crippen LogP contribution in [0.15, 0.2) is 24.3 Å². The average molecular weight is 395 g/mol. The van der Waals surface area contributed by atoms with Crippen LogP contribution in [0, 0.1) is 0 Å². The van der Waals surface area contributed by atoms with Crippen molar-refractivity contribution in [3.05, 3.63) is 24.3 Å². The largest absolute Gasteiger partial charge is 0.480 e. The minimum atomic E-state index is -4.43. The number of halogens is 4. The van der Waals surface area contributed by atoms with Gasteiger partial charge in [0.15, 0.2) is 24.7 Å². The molecule has 26 heavy (non-hydrogen) atoms. The molecule has 2 saturated heterocycles. The fraction of sp³-hybridized carbons (Fsp3) is 0.588. The van der Waals surface area contributed by atoms with Gasteiger partial charge in [-0.15, -0.1) is 12.4 Å². The van der Waals surface area contributed by atoms with Crippen molar-refractivity contribution in [2.75, 3.05) is 26.3 Å². The van der Waals surface area contributed by atoms with E-state index in [1.54, 1.807) is 12.1 Å². The molecule has 0 aliphatic carbocycles. The van der Waals surface area contributed by atoms with Crippen LogP contribution in [0.25, 0.3) is 0 Å². The van der Waals surface area contributed by atoms with Crippen LogP contribution < -0.4 is 14.8 Å². The first-order valence-electron chi connectivity index (χ1n) is 8.37. The van der Waals surface area contributed by atoms with E-state index < -0.39 is 12.8 Å². The number of para-hydroxylation sites is 2. The zero-order chi connectivity index (χ0) is 17.9. The Balaban J connectivity index is 0.00000243. The lowest BCUT2D eigenvalue weighted by molar-refractivity contribution is -0.153. The zero-order valence-corrected chi connectivity index (χ0v) is 14.9. The van der Waals surface area contributed by atoms with Crippen molar-refractivity contribution in [3.8, 4) is 11.5 Å². The third-order valence-corrected chi connectivity index (χ3v) is 4.53. The normalized spacial score (nSPS) is 22.3. The second-order valence-electron chi connectivity index (χ2n) is 6.32. The Kier molecular flexibility index (Phi) is 7.00. The molecule has 5 nitrogen and oxygen atoms in total. The van der Waals surface area contributed by atoms with E-state index in [0.717, 1.165) is 32.4 Å². The van der Waals surface area contributed by atoms with Crippen molar-refractivity contribution >= 4 is 18.3 Å². The zero-order valence-electron chi connectivity index (χ0n) is 14.1. The summed E-state index contributed by atoms with van der Waals surface area (Å²) in [5.41, 5.74) is 0. The molecule has 2 atom stereocenters. The van der Waals surface area contributed by atoms with Gasteiger partial charge in [-0.3, -0.25) is 4.79 Å². The molecular weight excluding hydrogens is 373 g/mol. The Morgan fingerprint density at radius 3 is 2.46 bits per heavy atom. The molecule has 2 aliphatic rings. The summed E-state index contributed by atoms with van der Waals surface area (Å²) in [6, 6.07) is 6.46. The van der Waals surface area contributed by atoms with Crippen molar-refractivity contribution in [3.63, 3.8) is 0 Å². The SMILES string of the molecule is Cl.O=C(COc1ccccc1OCC(F)(F)F)N1C2CCNCC1CC2. The van der Waals surface area contributed by atoms with Gasteiger partial charge in [-0.1, -0.05) is 12.1 Å². The quantitative estimate of drug-likeness (QED) is 0.834. The molecule has 9 heteroatoms. The molecule has 3 rings (SSSR count). The number of amides is 1. The fourth-order valence-corrected chi connectivity index (χ4v) is 3.45. The molecule has 0 aromatic heterocycles. The van der Waals surface area contributed by atoms with Gasteiger partial charge in [0.2, 0.25) is 0 Å². The van der Waals surface area contributed by atoms with Crippen molar-refractivity contribution in [2.45, 2.75) is 37.5 Å². The summed E-state index contributed by atoms with van der Waals surface area (Å²) in [6.45, 7) is 0.0517. The first-order chi connectivity index (χ1) is 11.9. The molecule has 2 bridgehead atoms. The number of carbonyl (C=O) groups excluding carboxylic acids is 1. The molecule has 2 aliphatic heterocycles. The standard InChI is InChI=1S/C17H21F3N2O3.ClH/c18-17(19,20)11-25-15-4-2-1-3-14(15)24-10-16(23)22-12-5-6-13(22)9-21-8-7-12;/h1-4,12-13,21H,5-11H2;1H. The highest BCUT2D eigenvalue weighted by atomic mass is 35.5. The maximum absolute atomic E-state index is 12.6. The number of nitrogens with one attached hydrogen (secondary N) is 1. The summed E-state index contributed by atoms with van der Waals surface area (Å²) in [6.07, 6.45) is -1.56. The van der Waals surface area contributed by atoms with E-state index in [4.69, 9.17) is 9.47 Å². The van der Waals surface area contributed by atoms with Crippen molar-refractivity contribution in [1.82, 2.24) is 10.2 Å². The number of carbonyl (C=O) groups is 1. The summed E-state index contributed by atoms with van der Waals surface area (Å²) in [7, 11) is 0. The predicted octanol–water partition coefficient (Wildman–Crippen LogP) is 2.78. The monoisotopic (exact) mass is 394 g/mol. The van der Waals surface area contributed by atoms with E-state index in [1.807, 2.05) is 4.90 Å². The molecule has 1 N–H and O–H groups in total. The van der Waals surface area contributed by atoms with Gasteiger partial charge in [-0.05, 0) is 37.9 Å². The van der Waals surface area contributed by atoms with Crippen LogP contribution in [0.1, 0.15) is 19.3 Å². The van der Waals surface area contributed by atoms with Crippen molar-refractivity contribution in [2.24, 2.45) is 0 Å². The van der Waals surface area contributed by atoms with Crippen molar-refractivity contribution < 1.29 is 27.4 Å². The molecule has 1 aromatic rings. The number of benzene rings is 1. The Morgan fingerprint density at radius 1 is 1.12 bits per heavy atom. The van der Waals surface area contributed by atoms with Gasteiger partial charge in [0, 0.05) is 18.6 Å². The molecule has 0 radical (unpaired) electrons. The van der Waals surface area contributed by atoms with E-state index in [-0.39, 0.29) is 48.5 Å². The third kappa shape index (κ3) is 5.17. The average Bonchev–Trinajstić information content (AvgIpc) is 2.83. The van der Waals surface area contributed by atoms with Gasteiger partial charge in [-0.2, -0.15) is 13.2 Å². The molecule has 1 amide bonds. The predicted molar refractivity (Wildman–Crippen MR) is 91.9 cm³/mol.